The smallest absolute Gasteiger partial charge is 0.161 e. The van der Waals surface area contributed by atoms with Crippen molar-refractivity contribution in [3.63, 3.8) is 0 Å². The van der Waals surface area contributed by atoms with Crippen molar-refractivity contribution in [1.29, 1.82) is 0 Å². The molecule has 0 atom stereocenters. The highest BCUT2D eigenvalue weighted by atomic mass is 16.5. The molecule has 0 saturated carbocycles. The van der Waals surface area contributed by atoms with Gasteiger partial charge in [0.25, 0.3) is 0 Å². The maximum absolute atomic E-state index is 5.25. The molecule has 1 aromatic carbocycles. The summed E-state index contributed by atoms with van der Waals surface area (Å²) >= 11 is 0. The lowest BCUT2D eigenvalue weighted by atomic mass is 10.1. The van der Waals surface area contributed by atoms with Crippen LogP contribution in [0.4, 0.5) is 0 Å². The second-order valence-electron chi connectivity index (χ2n) is 3.28. The first kappa shape index (κ1) is 10.5. The van der Waals surface area contributed by atoms with Gasteiger partial charge in [0, 0.05) is 11.8 Å². The third-order valence-corrected chi connectivity index (χ3v) is 2.34. The molecule has 0 saturated heterocycles. The van der Waals surface area contributed by atoms with Gasteiger partial charge in [0.15, 0.2) is 11.5 Å². The Hall–Kier alpha value is -2.03. The van der Waals surface area contributed by atoms with Crippen LogP contribution in [0.25, 0.3) is 11.3 Å². The van der Waals surface area contributed by atoms with Gasteiger partial charge in [-0.1, -0.05) is 6.07 Å². The molecule has 82 valence electrons. The first-order valence-electron chi connectivity index (χ1n) is 4.98. The summed E-state index contributed by atoms with van der Waals surface area (Å²) in [5.41, 5.74) is 1.93. The molecule has 0 bridgehead atoms. The van der Waals surface area contributed by atoms with Gasteiger partial charge in [-0.2, -0.15) is 0 Å². The van der Waals surface area contributed by atoms with E-state index in [-0.39, 0.29) is 0 Å². The van der Waals surface area contributed by atoms with Crippen molar-refractivity contribution < 1.29 is 9.47 Å². The quantitative estimate of drug-likeness (QED) is 0.788. The zero-order valence-corrected chi connectivity index (χ0v) is 9.31. The van der Waals surface area contributed by atoms with Crippen LogP contribution in [-0.2, 0) is 0 Å². The number of pyridine rings is 1. The van der Waals surface area contributed by atoms with Crippen LogP contribution < -0.4 is 9.47 Å². The molecule has 2 rings (SSSR count). The maximum Gasteiger partial charge on any atom is 0.161 e. The fraction of sp³-hybridized carbons (Fsp3) is 0.154. The summed E-state index contributed by atoms with van der Waals surface area (Å²) in [6, 6.07) is 11.6. The molecule has 0 unspecified atom stereocenters. The standard InChI is InChI=1S/C13H13NO2/c1-15-12-7-6-10(9-13(12)16-2)11-5-3-4-8-14-11/h3-9H,1-2H3. The number of methoxy groups -OCH3 is 2. The summed E-state index contributed by atoms with van der Waals surface area (Å²) in [6.45, 7) is 0. The summed E-state index contributed by atoms with van der Waals surface area (Å²) in [6.07, 6.45) is 1.77. The fourth-order valence-corrected chi connectivity index (χ4v) is 1.53. The van der Waals surface area contributed by atoms with E-state index in [4.69, 9.17) is 9.47 Å². The van der Waals surface area contributed by atoms with Crippen LogP contribution in [-0.4, -0.2) is 19.2 Å². The second kappa shape index (κ2) is 4.66. The predicted octanol–water partition coefficient (Wildman–Crippen LogP) is 2.77. The molecule has 0 aliphatic rings. The van der Waals surface area contributed by atoms with E-state index in [0.717, 1.165) is 17.0 Å². The van der Waals surface area contributed by atoms with E-state index in [0.29, 0.717) is 5.75 Å². The van der Waals surface area contributed by atoms with Crippen LogP contribution in [0.1, 0.15) is 0 Å². The Labute approximate surface area is 94.7 Å². The Bertz CT molecular complexity index is 469. The van der Waals surface area contributed by atoms with Gasteiger partial charge in [0.2, 0.25) is 0 Å². The molecule has 1 aromatic heterocycles. The number of ether oxygens (including phenoxy) is 2. The average Bonchev–Trinajstić information content (AvgIpc) is 2.39. The molecule has 2 aromatic rings. The molecule has 3 heteroatoms. The van der Waals surface area contributed by atoms with Crippen LogP contribution in [0, 0.1) is 0 Å². The highest BCUT2D eigenvalue weighted by Gasteiger charge is 2.06. The zero-order valence-electron chi connectivity index (χ0n) is 9.31. The van der Waals surface area contributed by atoms with Gasteiger partial charge in [0.1, 0.15) is 0 Å². The highest BCUT2D eigenvalue weighted by Crippen LogP contribution is 2.31. The van der Waals surface area contributed by atoms with E-state index in [1.807, 2.05) is 36.4 Å². The van der Waals surface area contributed by atoms with Crippen molar-refractivity contribution in [3.05, 3.63) is 42.6 Å². The molecular formula is C13H13NO2. The Morgan fingerprint density at radius 1 is 0.938 bits per heavy atom. The van der Waals surface area contributed by atoms with E-state index in [2.05, 4.69) is 4.98 Å². The first-order chi connectivity index (χ1) is 7.85. The number of aromatic nitrogens is 1. The monoisotopic (exact) mass is 215 g/mol. The van der Waals surface area contributed by atoms with Gasteiger partial charge >= 0.3 is 0 Å². The molecule has 16 heavy (non-hydrogen) atoms. The fourth-order valence-electron chi connectivity index (χ4n) is 1.53. The van der Waals surface area contributed by atoms with Crippen molar-refractivity contribution in [3.8, 4) is 22.8 Å². The molecule has 0 fully saturated rings. The molecule has 0 spiro atoms. The number of hydrogen-bond acceptors (Lipinski definition) is 3. The zero-order chi connectivity index (χ0) is 11.4. The molecule has 0 N–H and O–H groups in total. The summed E-state index contributed by atoms with van der Waals surface area (Å²) in [5, 5.41) is 0. The van der Waals surface area contributed by atoms with Crippen molar-refractivity contribution in [2.75, 3.05) is 14.2 Å². The van der Waals surface area contributed by atoms with Gasteiger partial charge in [-0.25, -0.2) is 0 Å². The van der Waals surface area contributed by atoms with Crippen LogP contribution in [0.2, 0.25) is 0 Å². The lowest BCUT2D eigenvalue weighted by Crippen LogP contribution is -1.91. The molecule has 0 aliphatic heterocycles. The average molecular weight is 215 g/mol. The second-order valence-corrected chi connectivity index (χ2v) is 3.28. The molecule has 1 heterocycles. The van der Waals surface area contributed by atoms with Crippen molar-refractivity contribution in [2.45, 2.75) is 0 Å². The van der Waals surface area contributed by atoms with E-state index >= 15 is 0 Å². The minimum absolute atomic E-state index is 0.714. The van der Waals surface area contributed by atoms with Crippen molar-refractivity contribution in [2.24, 2.45) is 0 Å². The lowest BCUT2D eigenvalue weighted by molar-refractivity contribution is 0.355. The summed E-state index contributed by atoms with van der Waals surface area (Å²) < 4.78 is 10.4. The largest absolute Gasteiger partial charge is 0.493 e. The number of nitrogens with zero attached hydrogens (tertiary/aromatic N) is 1. The van der Waals surface area contributed by atoms with Crippen LogP contribution in [0.3, 0.4) is 0 Å². The topological polar surface area (TPSA) is 31.4 Å². The first-order valence-corrected chi connectivity index (χ1v) is 4.98. The highest BCUT2D eigenvalue weighted by molar-refractivity contribution is 5.63. The van der Waals surface area contributed by atoms with Gasteiger partial charge in [-0.15, -0.1) is 0 Å². The third kappa shape index (κ3) is 1.98. The Kier molecular flexibility index (Phi) is 3.05. The SMILES string of the molecule is COc1ccc(-c2ccccn2)cc1OC. The molecule has 0 radical (unpaired) electrons. The predicted molar refractivity (Wildman–Crippen MR) is 62.8 cm³/mol. The third-order valence-electron chi connectivity index (χ3n) is 2.34. The van der Waals surface area contributed by atoms with Crippen molar-refractivity contribution >= 4 is 0 Å². The summed E-state index contributed by atoms with van der Waals surface area (Å²) in [4.78, 5) is 4.28. The van der Waals surface area contributed by atoms with E-state index in [1.165, 1.54) is 0 Å². The summed E-state index contributed by atoms with van der Waals surface area (Å²) in [7, 11) is 3.25. The molecule has 3 nitrogen and oxygen atoms in total. The van der Waals surface area contributed by atoms with Gasteiger partial charge in [-0.3, -0.25) is 4.98 Å². The molecule has 0 amide bonds. The lowest BCUT2D eigenvalue weighted by Gasteiger charge is -2.08. The van der Waals surface area contributed by atoms with Crippen LogP contribution in [0.15, 0.2) is 42.6 Å². The number of rotatable bonds is 3. The summed E-state index contributed by atoms with van der Waals surface area (Å²) in [5.74, 6) is 1.44. The Morgan fingerprint density at radius 2 is 1.75 bits per heavy atom. The number of benzene rings is 1. The van der Waals surface area contributed by atoms with Crippen LogP contribution in [0.5, 0.6) is 11.5 Å². The maximum atomic E-state index is 5.25. The van der Waals surface area contributed by atoms with Crippen LogP contribution >= 0.6 is 0 Å². The number of hydrogen-bond donors (Lipinski definition) is 0. The van der Waals surface area contributed by atoms with Crippen molar-refractivity contribution in [1.82, 2.24) is 4.98 Å². The Balaban J connectivity index is 2.44. The van der Waals surface area contributed by atoms with E-state index in [9.17, 15) is 0 Å². The van der Waals surface area contributed by atoms with E-state index < -0.39 is 0 Å². The normalized spacial score (nSPS) is 9.88. The van der Waals surface area contributed by atoms with Gasteiger partial charge in [0.05, 0.1) is 19.9 Å². The minimum Gasteiger partial charge on any atom is -0.493 e. The van der Waals surface area contributed by atoms with E-state index in [1.54, 1.807) is 20.4 Å². The minimum atomic E-state index is 0.714. The van der Waals surface area contributed by atoms with Gasteiger partial charge in [-0.05, 0) is 30.3 Å². The molecular weight excluding hydrogens is 202 g/mol. The molecule has 0 aliphatic carbocycles. The Morgan fingerprint density at radius 3 is 2.38 bits per heavy atom. The van der Waals surface area contributed by atoms with Gasteiger partial charge < -0.3 is 9.47 Å².